The van der Waals surface area contributed by atoms with Crippen LogP contribution < -0.4 is 5.73 Å². The molecule has 2 aromatic rings. The summed E-state index contributed by atoms with van der Waals surface area (Å²) in [5.74, 6) is 0.700. The molecule has 8 heteroatoms. The van der Waals surface area contributed by atoms with Crippen molar-refractivity contribution >= 4 is 23.1 Å². The molecule has 1 spiro atoms. The molecular formula is C21H26N4O3S. The van der Waals surface area contributed by atoms with Crippen molar-refractivity contribution in [1.82, 2.24) is 14.9 Å². The van der Waals surface area contributed by atoms with E-state index < -0.39 is 0 Å². The van der Waals surface area contributed by atoms with Gasteiger partial charge >= 0.3 is 0 Å². The van der Waals surface area contributed by atoms with Gasteiger partial charge in [0.15, 0.2) is 0 Å². The number of nitrogens with two attached hydrogens (primary N) is 1. The van der Waals surface area contributed by atoms with Gasteiger partial charge < -0.3 is 20.1 Å². The molecular weight excluding hydrogens is 388 g/mol. The van der Waals surface area contributed by atoms with Crippen molar-refractivity contribution in [2.75, 3.05) is 38.6 Å². The van der Waals surface area contributed by atoms with Gasteiger partial charge in [-0.15, -0.1) is 11.3 Å². The van der Waals surface area contributed by atoms with E-state index in [4.69, 9.17) is 15.2 Å². The average molecular weight is 415 g/mol. The Kier molecular flexibility index (Phi) is 5.01. The molecule has 0 aliphatic carbocycles. The lowest BCUT2D eigenvalue weighted by Crippen LogP contribution is -2.50. The minimum absolute atomic E-state index is 0.0254. The molecule has 1 unspecified atom stereocenters. The van der Waals surface area contributed by atoms with Gasteiger partial charge in [-0.25, -0.2) is 9.97 Å². The highest BCUT2D eigenvalue weighted by atomic mass is 32.1. The topological polar surface area (TPSA) is 90.6 Å². The van der Waals surface area contributed by atoms with Crippen molar-refractivity contribution in [3.63, 3.8) is 0 Å². The summed E-state index contributed by atoms with van der Waals surface area (Å²) < 4.78 is 11.9. The zero-order valence-corrected chi connectivity index (χ0v) is 17.2. The normalized spacial score (nSPS) is 23.7. The van der Waals surface area contributed by atoms with E-state index in [9.17, 15) is 4.79 Å². The standard InChI is InChI=1S/C21H26N4O3S/c22-19-12-23-16(11-24-19)18-10-15-17(29-18)3-9-28-21(15)4-6-25(7-5-21)20(26)14-2-1-8-27-13-14/h10-12,14H,1-9,13H2,(H2,22,24). The van der Waals surface area contributed by atoms with E-state index >= 15 is 0 Å². The molecule has 3 aliphatic heterocycles. The molecule has 0 radical (unpaired) electrons. The van der Waals surface area contributed by atoms with Crippen molar-refractivity contribution in [3.05, 3.63) is 28.9 Å². The average Bonchev–Trinajstić information content (AvgIpc) is 3.21. The van der Waals surface area contributed by atoms with E-state index in [0.29, 0.717) is 12.4 Å². The molecule has 29 heavy (non-hydrogen) atoms. The Morgan fingerprint density at radius 3 is 2.83 bits per heavy atom. The number of nitrogens with zero attached hydrogens (tertiary/aromatic N) is 3. The number of amides is 1. The summed E-state index contributed by atoms with van der Waals surface area (Å²) in [5, 5.41) is 0. The Labute approximate surface area is 174 Å². The first kappa shape index (κ1) is 19.0. The molecule has 5 rings (SSSR count). The largest absolute Gasteiger partial charge is 0.382 e. The first-order valence-corrected chi connectivity index (χ1v) is 11.2. The van der Waals surface area contributed by atoms with E-state index in [0.717, 1.165) is 69.0 Å². The van der Waals surface area contributed by atoms with Crippen molar-refractivity contribution in [2.24, 2.45) is 5.92 Å². The summed E-state index contributed by atoms with van der Waals surface area (Å²) in [6.45, 7) is 3.55. The van der Waals surface area contributed by atoms with Gasteiger partial charge in [-0.3, -0.25) is 4.79 Å². The second kappa shape index (κ2) is 7.66. The molecule has 0 aromatic carbocycles. The SMILES string of the molecule is Nc1cnc(-c2cc3c(s2)CCOC32CCN(C(=O)C3CCCOC3)CC2)cn1. The fraction of sp³-hybridized carbons (Fsp3) is 0.571. The van der Waals surface area contributed by atoms with E-state index in [1.165, 1.54) is 10.4 Å². The number of thiophene rings is 1. The van der Waals surface area contributed by atoms with Crippen LogP contribution in [-0.4, -0.2) is 53.7 Å². The second-order valence-corrected chi connectivity index (χ2v) is 9.24. The third-order valence-corrected chi connectivity index (χ3v) is 7.54. The number of likely N-dealkylation sites (tertiary alicyclic amines) is 1. The lowest BCUT2D eigenvalue weighted by atomic mass is 9.82. The van der Waals surface area contributed by atoms with Gasteiger partial charge in [0.1, 0.15) is 5.82 Å². The summed E-state index contributed by atoms with van der Waals surface area (Å²) >= 11 is 1.77. The first-order chi connectivity index (χ1) is 14.1. The van der Waals surface area contributed by atoms with Gasteiger partial charge in [0.05, 0.1) is 47.7 Å². The zero-order valence-electron chi connectivity index (χ0n) is 16.4. The Morgan fingerprint density at radius 2 is 2.10 bits per heavy atom. The number of rotatable bonds is 2. The van der Waals surface area contributed by atoms with Crippen LogP contribution in [0.1, 0.15) is 36.1 Å². The van der Waals surface area contributed by atoms with Crippen LogP contribution in [0.4, 0.5) is 5.82 Å². The number of piperidine rings is 1. The molecule has 154 valence electrons. The molecule has 1 amide bonds. The van der Waals surface area contributed by atoms with Crippen molar-refractivity contribution in [1.29, 1.82) is 0 Å². The monoisotopic (exact) mass is 414 g/mol. The third kappa shape index (κ3) is 3.53. The molecule has 1 atom stereocenters. The molecule has 7 nitrogen and oxygen atoms in total. The van der Waals surface area contributed by atoms with Gasteiger partial charge in [0, 0.05) is 31.0 Å². The highest BCUT2D eigenvalue weighted by Gasteiger charge is 2.43. The third-order valence-electron chi connectivity index (χ3n) is 6.32. The smallest absolute Gasteiger partial charge is 0.228 e. The second-order valence-electron chi connectivity index (χ2n) is 8.11. The number of carbonyl (C=O) groups excluding carboxylic acids is 1. The van der Waals surface area contributed by atoms with E-state index in [-0.39, 0.29) is 17.4 Å². The number of ether oxygens (including phenoxy) is 2. The molecule has 2 saturated heterocycles. The fourth-order valence-electron chi connectivity index (χ4n) is 4.70. The number of aromatic nitrogens is 2. The quantitative estimate of drug-likeness (QED) is 0.812. The van der Waals surface area contributed by atoms with Crippen LogP contribution in [0.25, 0.3) is 10.6 Å². The summed E-state index contributed by atoms with van der Waals surface area (Å²) in [5.41, 5.74) is 7.51. The molecule has 0 bridgehead atoms. The molecule has 3 aliphatic rings. The van der Waals surface area contributed by atoms with Crippen LogP contribution in [0.15, 0.2) is 18.5 Å². The van der Waals surface area contributed by atoms with Crippen molar-refractivity contribution in [3.8, 4) is 10.6 Å². The maximum Gasteiger partial charge on any atom is 0.228 e. The first-order valence-electron chi connectivity index (χ1n) is 10.4. The summed E-state index contributed by atoms with van der Waals surface area (Å²) in [6.07, 6.45) is 7.84. The molecule has 2 aromatic heterocycles. The highest BCUT2D eigenvalue weighted by molar-refractivity contribution is 7.15. The summed E-state index contributed by atoms with van der Waals surface area (Å²) in [6, 6.07) is 2.21. The minimum atomic E-state index is -0.288. The minimum Gasteiger partial charge on any atom is -0.382 e. The molecule has 5 heterocycles. The lowest BCUT2D eigenvalue weighted by molar-refractivity contribution is -0.148. The highest BCUT2D eigenvalue weighted by Crippen LogP contribution is 2.46. The Morgan fingerprint density at radius 1 is 1.24 bits per heavy atom. The van der Waals surface area contributed by atoms with Gasteiger partial charge in [-0.2, -0.15) is 0 Å². The molecule has 2 N–H and O–H groups in total. The Balaban J connectivity index is 1.34. The number of anilines is 1. The van der Waals surface area contributed by atoms with Crippen molar-refractivity contribution in [2.45, 2.75) is 37.7 Å². The number of nitrogen functional groups attached to an aromatic ring is 1. The fourth-order valence-corrected chi connectivity index (χ4v) is 5.90. The van der Waals surface area contributed by atoms with Crippen LogP contribution in [0, 0.1) is 5.92 Å². The number of carbonyl (C=O) groups is 1. The van der Waals surface area contributed by atoms with Gasteiger partial charge in [-0.05, 0) is 37.3 Å². The predicted octanol–water partition coefficient (Wildman–Crippen LogP) is 2.60. The van der Waals surface area contributed by atoms with Gasteiger partial charge in [0.25, 0.3) is 0 Å². The van der Waals surface area contributed by atoms with Crippen LogP contribution in [0.2, 0.25) is 0 Å². The number of hydrogen-bond donors (Lipinski definition) is 1. The van der Waals surface area contributed by atoms with Crippen LogP contribution in [0.3, 0.4) is 0 Å². The molecule has 0 saturated carbocycles. The predicted molar refractivity (Wildman–Crippen MR) is 110 cm³/mol. The number of hydrogen-bond acceptors (Lipinski definition) is 7. The van der Waals surface area contributed by atoms with Gasteiger partial charge in [0.2, 0.25) is 5.91 Å². The summed E-state index contributed by atoms with van der Waals surface area (Å²) in [7, 11) is 0. The van der Waals surface area contributed by atoms with E-state index in [2.05, 4.69) is 16.0 Å². The zero-order chi connectivity index (χ0) is 19.8. The van der Waals surface area contributed by atoms with Crippen LogP contribution in [-0.2, 0) is 26.3 Å². The number of fused-ring (bicyclic) bond motifs is 2. The van der Waals surface area contributed by atoms with Gasteiger partial charge in [-0.1, -0.05) is 0 Å². The Bertz CT molecular complexity index is 884. The van der Waals surface area contributed by atoms with E-state index in [1.807, 2.05) is 4.90 Å². The van der Waals surface area contributed by atoms with E-state index in [1.54, 1.807) is 23.7 Å². The lowest BCUT2D eigenvalue weighted by Gasteiger charge is -2.44. The Hall–Kier alpha value is -2.03. The molecule has 2 fully saturated rings. The van der Waals surface area contributed by atoms with Crippen LogP contribution >= 0.6 is 11.3 Å². The summed E-state index contributed by atoms with van der Waals surface area (Å²) in [4.78, 5) is 26.0. The van der Waals surface area contributed by atoms with Crippen LogP contribution in [0.5, 0.6) is 0 Å². The maximum atomic E-state index is 12.9. The van der Waals surface area contributed by atoms with Crippen molar-refractivity contribution < 1.29 is 14.3 Å². The maximum absolute atomic E-state index is 12.9.